The average molecular weight is 387 g/mol. The number of nitrogens with one attached hydrogen (secondary N) is 2. The fraction of sp³-hybridized carbons (Fsp3) is 0.562. The average Bonchev–Trinajstić information content (AvgIpc) is 2.44. The standard InChI is InChI=1S/C11H21NO4.C5H4N2O4/c1-5-6-11(15)16-9(7-10(13)14)8-12(2,3)4;8-3-1-2(4(9)10)6-5(11)7-3/h9H,5-8H2,1-4H3;1H,(H,9,10)(H2,6,7,8,11). The molecule has 0 amide bonds. The maximum Gasteiger partial charge on any atom is 0.352 e. The van der Waals surface area contributed by atoms with Crippen LogP contribution in [0.15, 0.2) is 15.7 Å². The molecule has 27 heavy (non-hydrogen) atoms. The number of aromatic amines is 2. The molecule has 0 radical (unpaired) electrons. The van der Waals surface area contributed by atoms with Crippen LogP contribution in [0.5, 0.6) is 0 Å². The number of aromatic nitrogens is 2. The molecule has 1 aromatic rings. The number of aliphatic carboxylic acids is 1. The third kappa shape index (κ3) is 12.1. The minimum Gasteiger partial charge on any atom is -0.550 e. The van der Waals surface area contributed by atoms with Gasteiger partial charge in [-0.25, -0.2) is 9.59 Å². The number of aromatic carboxylic acids is 1. The molecule has 0 bridgehead atoms. The summed E-state index contributed by atoms with van der Waals surface area (Å²) in [4.78, 5) is 56.7. The summed E-state index contributed by atoms with van der Waals surface area (Å²) >= 11 is 0. The smallest absolute Gasteiger partial charge is 0.352 e. The molecule has 11 nitrogen and oxygen atoms in total. The molecule has 0 saturated carbocycles. The lowest BCUT2D eigenvalue weighted by Crippen LogP contribution is -2.45. The van der Waals surface area contributed by atoms with Crippen molar-refractivity contribution in [2.24, 2.45) is 0 Å². The maximum absolute atomic E-state index is 11.3. The van der Waals surface area contributed by atoms with E-state index >= 15 is 0 Å². The number of esters is 1. The molecule has 0 spiro atoms. The van der Waals surface area contributed by atoms with Gasteiger partial charge in [0, 0.05) is 24.9 Å². The molecule has 1 rings (SSSR count). The van der Waals surface area contributed by atoms with Gasteiger partial charge < -0.3 is 29.2 Å². The Labute approximate surface area is 155 Å². The normalized spacial score (nSPS) is 11.7. The molecule has 1 heterocycles. The first-order chi connectivity index (χ1) is 12.3. The zero-order chi connectivity index (χ0) is 21.2. The lowest BCUT2D eigenvalue weighted by Gasteiger charge is -2.29. The van der Waals surface area contributed by atoms with Gasteiger partial charge in [-0.1, -0.05) is 6.92 Å². The molecular formula is C16H25N3O8. The number of carboxylic acids is 2. The Morgan fingerprint density at radius 1 is 1.22 bits per heavy atom. The van der Waals surface area contributed by atoms with Crippen LogP contribution in [0.1, 0.15) is 36.7 Å². The van der Waals surface area contributed by atoms with Crippen LogP contribution in [0, 0.1) is 0 Å². The number of H-pyrrole nitrogens is 2. The highest BCUT2D eigenvalue weighted by molar-refractivity contribution is 5.84. The van der Waals surface area contributed by atoms with Gasteiger partial charge in [0.1, 0.15) is 12.2 Å². The number of carbonyl (C=O) groups excluding carboxylic acids is 2. The minimum absolute atomic E-state index is 0.245. The second-order valence-corrected chi connectivity index (χ2v) is 6.72. The third-order valence-corrected chi connectivity index (χ3v) is 2.89. The number of quaternary nitrogens is 1. The van der Waals surface area contributed by atoms with Gasteiger partial charge in [0.2, 0.25) is 0 Å². The van der Waals surface area contributed by atoms with E-state index in [1.807, 2.05) is 38.0 Å². The molecular weight excluding hydrogens is 362 g/mol. The van der Waals surface area contributed by atoms with E-state index in [9.17, 15) is 29.1 Å². The van der Waals surface area contributed by atoms with Crippen LogP contribution < -0.4 is 16.4 Å². The molecule has 1 atom stereocenters. The number of likely N-dealkylation sites (N-methyl/N-ethyl adjacent to an activating group) is 1. The van der Waals surface area contributed by atoms with Crippen LogP contribution in [-0.2, 0) is 14.3 Å². The fourth-order valence-corrected chi connectivity index (χ4v) is 1.97. The Hall–Kier alpha value is -2.95. The predicted molar refractivity (Wildman–Crippen MR) is 92.0 cm³/mol. The number of carbonyl (C=O) groups is 3. The summed E-state index contributed by atoms with van der Waals surface area (Å²) in [5.41, 5.74) is -1.97. The van der Waals surface area contributed by atoms with Crippen molar-refractivity contribution in [1.82, 2.24) is 9.97 Å². The fourth-order valence-electron chi connectivity index (χ4n) is 1.97. The van der Waals surface area contributed by atoms with Gasteiger partial charge in [-0.3, -0.25) is 14.6 Å². The van der Waals surface area contributed by atoms with Crippen molar-refractivity contribution in [3.05, 3.63) is 32.6 Å². The predicted octanol–water partition coefficient (Wildman–Crippen LogP) is -1.69. The topological polar surface area (TPSA) is 169 Å². The van der Waals surface area contributed by atoms with Gasteiger partial charge in [0.25, 0.3) is 5.56 Å². The van der Waals surface area contributed by atoms with Gasteiger partial charge in [-0.05, 0) is 6.42 Å². The first-order valence-electron chi connectivity index (χ1n) is 8.10. The SMILES string of the molecule is CCCC(=O)OC(CC(=O)[O-])C[N+](C)(C)C.O=C(O)c1cc(=O)[nH]c(=O)[nH]1. The van der Waals surface area contributed by atoms with Crippen LogP contribution in [0.25, 0.3) is 0 Å². The second kappa shape index (κ2) is 10.9. The summed E-state index contributed by atoms with van der Waals surface area (Å²) in [6.45, 7) is 2.33. The highest BCUT2D eigenvalue weighted by Crippen LogP contribution is 2.06. The van der Waals surface area contributed by atoms with E-state index in [1.54, 1.807) is 0 Å². The van der Waals surface area contributed by atoms with E-state index in [-0.39, 0.29) is 12.4 Å². The monoisotopic (exact) mass is 387 g/mol. The van der Waals surface area contributed by atoms with Crippen LogP contribution >= 0.6 is 0 Å². The Morgan fingerprint density at radius 2 is 1.81 bits per heavy atom. The maximum atomic E-state index is 11.3. The Bertz CT molecular complexity index is 732. The summed E-state index contributed by atoms with van der Waals surface area (Å²) < 4.78 is 5.64. The summed E-state index contributed by atoms with van der Waals surface area (Å²) in [6, 6.07) is 0.795. The van der Waals surface area contributed by atoms with E-state index < -0.39 is 35.0 Å². The number of rotatable bonds is 8. The van der Waals surface area contributed by atoms with Crippen LogP contribution in [0.2, 0.25) is 0 Å². The zero-order valence-corrected chi connectivity index (χ0v) is 15.7. The summed E-state index contributed by atoms with van der Waals surface area (Å²) in [5, 5.41) is 18.8. The van der Waals surface area contributed by atoms with Crippen LogP contribution in [0.4, 0.5) is 0 Å². The van der Waals surface area contributed by atoms with Gasteiger partial charge >= 0.3 is 17.6 Å². The van der Waals surface area contributed by atoms with Crippen molar-refractivity contribution in [2.45, 2.75) is 32.3 Å². The summed E-state index contributed by atoms with van der Waals surface area (Å²) in [7, 11) is 5.74. The number of carboxylic acid groups (broad SMARTS) is 2. The molecule has 0 aliphatic rings. The van der Waals surface area contributed by atoms with E-state index in [1.165, 1.54) is 0 Å². The molecule has 0 aliphatic carbocycles. The van der Waals surface area contributed by atoms with Crippen molar-refractivity contribution in [3.63, 3.8) is 0 Å². The Balaban J connectivity index is 0.000000533. The van der Waals surface area contributed by atoms with Crippen molar-refractivity contribution in [3.8, 4) is 0 Å². The van der Waals surface area contributed by atoms with Crippen LogP contribution in [-0.4, -0.2) is 71.3 Å². The highest BCUT2D eigenvalue weighted by atomic mass is 16.5. The summed E-state index contributed by atoms with van der Waals surface area (Å²) in [6.07, 6.45) is 0.163. The van der Waals surface area contributed by atoms with Crippen molar-refractivity contribution >= 4 is 17.9 Å². The molecule has 0 aromatic carbocycles. The van der Waals surface area contributed by atoms with E-state index in [0.29, 0.717) is 23.9 Å². The first kappa shape index (κ1) is 24.1. The molecule has 0 saturated heterocycles. The van der Waals surface area contributed by atoms with E-state index in [2.05, 4.69) is 0 Å². The molecule has 0 aliphatic heterocycles. The molecule has 3 N–H and O–H groups in total. The number of hydrogen-bond acceptors (Lipinski definition) is 7. The zero-order valence-electron chi connectivity index (χ0n) is 15.7. The van der Waals surface area contributed by atoms with Gasteiger partial charge in [-0.2, -0.15) is 0 Å². The molecule has 1 unspecified atom stereocenters. The Morgan fingerprint density at radius 3 is 2.22 bits per heavy atom. The molecule has 0 fully saturated rings. The number of nitrogens with zero attached hydrogens (tertiary/aromatic N) is 1. The number of ether oxygens (including phenoxy) is 1. The second-order valence-electron chi connectivity index (χ2n) is 6.72. The van der Waals surface area contributed by atoms with Crippen LogP contribution in [0.3, 0.4) is 0 Å². The quantitative estimate of drug-likeness (QED) is 0.350. The van der Waals surface area contributed by atoms with E-state index in [4.69, 9.17) is 9.84 Å². The van der Waals surface area contributed by atoms with Crippen molar-refractivity contribution in [1.29, 1.82) is 0 Å². The van der Waals surface area contributed by atoms with Gasteiger partial charge in [-0.15, -0.1) is 0 Å². The van der Waals surface area contributed by atoms with Crippen molar-refractivity contribution < 1.29 is 33.8 Å². The third-order valence-electron chi connectivity index (χ3n) is 2.89. The Kier molecular flexibility index (Phi) is 9.72. The van der Waals surface area contributed by atoms with E-state index in [0.717, 1.165) is 6.07 Å². The summed E-state index contributed by atoms with van der Waals surface area (Å²) in [5.74, 6) is -2.88. The van der Waals surface area contributed by atoms with Gasteiger partial charge in [0.05, 0.1) is 21.1 Å². The molecule has 1 aromatic heterocycles. The van der Waals surface area contributed by atoms with Crippen molar-refractivity contribution in [2.75, 3.05) is 27.7 Å². The lowest BCUT2D eigenvalue weighted by atomic mass is 10.2. The first-order valence-corrected chi connectivity index (χ1v) is 8.10. The largest absolute Gasteiger partial charge is 0.550 e. The molecule has 11 heteroatoms. The molecule has 152 valence electrons. The number of hydrogen-bond donors (Lipinski definition) is 3. The minimum atomic E-state index is -1.34. The lowest BCUT2D eigenvalue weighted by molar-refractivity contribution is -0.873. The van der Waals surface area contributed by atoms with Gasteiger partial charge in [0.15, 0.2) is 6.10 Å². The highest BCUT2D eigenvalue weighted by Gasteiger charge is 2.21.